The summed E-state index contributed by atoms with van der Waals surface area (Å²) in [4.78, 5) is 13.9. The molecule has 1 aliphatic rings. The summed E-state index contributed by atoms with van der Waals surface area (Å²) in [6, 6.07) is 7.24. The lowest BCUT2D eigenvalue weighted by Crippen LogP contribution is -2.15. The number of halogens is 1. The van der Waals surface area contributed by atoms with E-state index in [4.69, 9.17) is 11.6 Å². The van der Waals surface area contributed by atoms with Gasteiger partial charge in [0.2, 0.25) is 5.91 Å². The van der Waals surface area contributed by atoms with Gasteiger partial charge in [0.25, 0.3) is 0 Å². The maximum Gasteiger partial charge on any atom is 0.234 e. The molecule has 29 heavy (non-hydrogen) atoms. The summed E-state index contributed by atoms with van der Waals surface area (Å²) in [6.07, 6.45) is 5.79. The summed E-state index contributed by atoms with van der Waals surface area (Å²) in [7, 11) is 0. The van der Waals surface area contributed by atoms with Crippen molar-refractivity contribution in [1.29, 1.82) is 0 Å². The lowest BCUT2D eigenvalue weighted by atomic mass is 9.95. The Hall–Kier alpha value is -1.83. The minimum Gasteiger partial charge on any atom is -0.324 e. The van der Waals surface area contributed by atoms with Crippen molar-refractivity contribution in [3.05, 3.63) is 45.1 Å². The zero-order chi connectivity index (χ0) is 20.2. The van der Waals surface area contributed by atoms with Crippen molar-refractivity contribution in [1.82, 2.24) is 14.8 Å². The minimum absolute atomic E-state index is 0.108. The molecule has 0 radical (unpaired) electrons. The molecule has 1 amide bonds. The number of anilines is 1. The Morgan fingerprint density at radius 1 is 1.28 bits per heavy atom. The van der Waals surface area contributed by atoms with E-state index in [0.29, 0.717) is 10.7 Å². The molecule has 1 aromatic carbocycles. The molecule has 1 aliphatic carbocycles. The summed E-state index contributed by atoms with van der Waals surface area (Å²) in [5, 5.41) is 15.3. The SMILES string of the molecule is CCCn1c(SCC(=O)Nc2ccccc2Cl)nnc1-c1csc2c1CCCC2. The van der Waals surface area contributed by atoms with Crippen molar-refractivity contribution < 1.29 is 4.79 Å². The van der Waals surface area contributed by atoms with Crippen LogP contribution in [0.3, 0.4) is 0 Å². The number of aryl methyl sites for hydroxylation is 1. The quantitative estimate of drug-likeness (QED) is 0.474. The number of hydrogen-bond donors (Lipinski definition) is 1. The number of fused-ring (bicyclic) bond motifs is 1. The molecule has 2 heterocycles. The lowest BCUT2D eigenvalue weighted by molar-refractivity contribution is -0.113. The molecule has 8 heteroatoms. The molecule has 0 fully saturated rings. The normalized spacial score (nSPS) is 13.3. The Morgan fingerprint density at radius 3 is 2.93 bits per heavy atom. The van der Waals surface area contributed by atoms with Crippen LogP contribution < -0.4 is 5.32 Å². The highest BCUT2D eigenvalue weighted by Gasteiger charge is 2.22. The van der Waals surface area contributed by atoms with Crippen LogP contribution in [0, 0.1) is 0 Å². The zero-order valence-electron chi connectivity index (χ0n) is 16.3. The van der Waals surface area contributed by atoms with E-state index in [9.17, 15) is 4.79 Å². The number of aromatic nitrogens is 3. The van der Waals surface area contributed by atoms with Crippen LogP contribution >= 0.6 is 34.7 Å². The molecule has 0 bridgehead atoms. The highest BCUT2D eigenvalue weighted by Crippen LogP contribution is 2.37. The van der Waals surface area contributed by atoms with Gasteiger partial charge in [-0.25, -0.2) is 0 Å². The van der Waals surface area contributed by atoms with Gasteiger partial charge in [0, 0.05) is 22.4 Å². The first kappa shape index (κ1) is 20.4. The van der Waals surface area contributed by atoms with Gasteiger partial charge in [0.1, 0.15) is 0 Å². The smallest absolute Gasteiger partial charge is 0.234 e. The number of para-hydroxylation sites is 1. The van der Waals surface area contributed by atoms with Gasteiger partial charge < -0.3 is 9.88 Å². The molecular weight excluding hydrogens is 424 g/mol. The summed E-state index contributed by atoms with van der Waals surface area (Å²) < 4.78 is 2.16. The van der Waals surface area contributed by atoms with E-state index < -0.39 is 0 Å². The number of thiophene rings is 1. The summed E-state index contributed by atoms with van der Waals surface area (Å²) in [5.74, 6) is 1.08. The van der Waals surface area contributed by atoms with Crippen LogP contribution in [0.2, 0.25) is 5.02 Å². The Bertz CT molecular complexity index is 1010. The number of benzene rings is 1. The first-order chi connectivity index (χ1) is 14.2. The number of nitrogens with zero attached hydrogens (tertiary/aromatic N) is 3. The molecule has 0 saturated carbocycles. The Morgan fingerprint density at radius 2 is 2.10 bits per heavy atom. The van der Waals surface area contributed by atoms with Crippen molar-refractivity contribution in [2.75, 3.05) is 11.1 Å². The van der Waals surface area contributed by atoms with E-state index in [1.165, 1.54) is 47.0 Å². The molecule has 4 rings (SSSR count). The number of thioether (sulfide) groups is 1. The predicted octanol–water partition coefficient (Wildman–Crippen LogP) is 5.68. The van der Waals surface area contributed by atoms with E-state index in [2.05, 4.69) is 32.4 Å². The second-order valence-electron chi connectivity index (χ2n) is 7.03. The van der Waals surface area contributed by atoms with Gasteiger partial charge in [-0.2, -0.15) is 0 Å². The number of amides is 1. The van der Waals surface area contributed by atoms with Gasteiger partial charge >= 0.3 is 0 Å². The summed E-state index contributed by atoms with van der Waals surface area (Å²) in [5.41, 5.74) is 3.29. The topological polar surface area (TPSA) is 59.8 Å². The molecular formula is C21H23ClN4OS2. The van der Waals surface area contributed by atoms with Crippen molar-refractivity contribution in [3.63, 3.8) is 0 Å². The van der Waals surface area contributed by atoms with Crippen LogP contribution in [0.5, 0.6) is 0 Å². The fourth-order valence-electron chi connectivity index (χ4n) is 3.58. The van der Waals surface area contributed by atoms with E-state index in [0.717, 1.165) is 30.4 Å². The zero-order valence-corrected chi connectivity index (χ0v) is 18.7. The number of nitrogens with one attached hydrogen (secondary N) is 1. The molecule has 0 unspecified atom stereocenters. The van der Waals surface area contributed by atoms with Gasteiger partial charge in [-0.05, 0) is 49.8 Å². The third kappa shape index (κ3) is 4.52. The van der Waals surface area contributed by atoms with Crippen LogP contribution in [0.4, 0.5) is 5.69 Å². The average Bonchev–Trinajstić information content (AvgIpc) is 3.32. The molecule has 1 N–H and O–H groups in total. The molecule has 0 aliphatic heterocycles. The maximum absolute atomic E-state index is 12.4. The fourth-order valence-corrected chi connectivity index (χ4v) is 5.65. The number of rotatable bonds is 7. The molecule has 5 nitrogen and oxygen atoms in total. The third-order valence-electron chi connectivity index (χ3n) is 4.95. The Kier molecular flexibility index (Phi) is 6.57. The summed E-state index contributed by atoms with van der Waals surface area (Å²) in [6.45, 7) is 2.98. The van der Waals surface area contributed by atoms with Crippen LogP contribution in [0.15, 0.2) is 34.8 Å². The number of carbonyl (C=O) groups excluding carboxylic acids is 1. The highest BCUT2D eigenvalue weighted by atomic mass is 35.5. The van der Waals surface area contributed by atoms with Crippen molar-refractivity contribution in [2.45, 2.75) is 50.7 Å². The molecule has 2 aromatic heterocycles. The fraction of sp³-hybridized carbons (Fsp3) is 0.381. The Balaban J connectivity index is 1.50. The molecule has 0 saturated heterocycles. The highest BCUT2D eigenvalue weighted by molar-refractivity contribution is 7.99. The lowest BCUT2D eigenvalue weighted by Gasteiger charge is -2.13. The van der Waals surface area contributed by atoms with Gasteiger partial charge in [0.15, 0.2) is 11.0 Å². The summed E-state index contributed by atoms with van der Waals surface area (Å²) >= 11 is 9.38. The number of hydrogen-bond acceptors (Lipinski definition) is 5. The van der Waals surface area contributed by atoms with E-state index in [-0.39, 0.29) is 11.7 Å². The van der Waals surface area contributed by atoms with Crippen molar-refractivity contribution >= 4 is 46.3 Å². The van der Waals surface area contributed by atoms with Crippen LogP contribution in [0.25, 0.3) is 11.4 Å². The van der Waals surface area contributed by atoms with Gasteiger partial charge in [-0.15, -0.1) is 21.5 Å². The second kappa shape index (κ2) is 9.32. The monoisotopic (exact) mass is 446 g/mol. The minimum atomic E-state index is -0.108. The van der Waals surface area contributed by atoms with E-state index in [1.54, 1.807) is 12.1 Å². The van der Waals surface area contributed by atoms with Crippen molar-refractivity contribution in [3.8, 4) is 11.4 Å². The molecule has 0 spiro atoms. The standard InChI is InChI=1S/C21H23ClN4OS2/c1-2-11-26-20(15-12-28-18-10-6-3-7-14(15)18)24-25-21(26)29-13-19(27)23-17-9-5-4-8-16(17)22/h4-5,8-9,12H,2-3,6-7,10-11,13H2,1H3,(H,23,27). The third-order valence-corrected chi connectivity index (χ3v) is 7.33. The van der Waals surface area contributed by atoms with Gasteiger partial charge in [-0.3, -0.25) is 4.79 Å². The van der Waals surface area contributed by atoms with Crippen LogP contribution in [-0.2, 0) is 24.2 Å². The second-order valence-corrected chi connectivity index (χ2v) is 9.35. The maximum atomic E-state index is 12.4. The Labute approximate surface area is 183 Å². The van der Waals surface area contributed by atoms with Crippen molar-refractivity contribution in [2.24, 2.45) is 0 Å². The molecule has 0 atom stereocenters. The number of carbonyl (C=O) groups is 1. The van der Waals surface area contributed by atoms with Crippen LogP contribution in [-0.4, -0.2) is 26.4 Å². The molecule has 3 aromatic rings. The van der Waals surface area contributed by atoms with Gasteiger partial charge in [0.05, 0.1) is 16.5 Å². The predicted molar refractivity (Wildman–Crippen MR) is 121 cm³/mol. The van der Waals surface area contributed by atoms with E-state index >= 15 is 0 Å². The first-order valence-electron chi connectivity index (χ1n) is 9.87. The molecule has 152 valence electrons. The first-order valence-corrected chi connectivity index (χ1v) is 12.1. The average molecular weight is 447 g/mol. The van der Waals surface area contributed by atoms with Gasteiger partial charge in [-0.1, -0.05) is 42.4 Å². The largest absolute Gasteiger partial charge is 0.324 e. The van der Waals surface area contributed by atoms with E-state index in [1.807, 2.05) is 23.5 Å². The van der Waals surface area contributed by atoms with Crippen LogP contribution in [0.1, 0.15) is 36.6 Å².